The largest absolute Gasteiger partial charge is 0.490 e. The molecular weight excluding hydrogens is 406 g/mol. The fraction of sp³-hybridized carbons (Fsp3) is 0.500. The Bertz CT molecular complexity index is 930. The van der Waals surface area contributed by atoms with Crippen LogP contribution < -0.4 is 15.0 Å². The van der Waals surface area contributed by atoms with Crippen LogP contribution in [-0.2, 0) is 9.59 Å². The number of nitrogens with one attached hydrogen (secondary N) is 1. The molecule has 2 amide bonds. The number of likely N-dealkylation sites (tertiary alicyclic amines) is 1. The summed E-state index contributed by atoms with van der Waals surface area (Å²) in [6.45, 7) is 8.63. The second-order valence-electron chi connectivity index (χ2n) is 9.46. The van der Waals surface area contributed by atoms with Gasteiger partial charge < -0.3 is 15.0 Å². The van der Waals surface area contributed by atoms with Crippen molar-refractivity contribution in [2.45, 2.75) is 39.7 Å². The van der Waals surface area contributed by atoms with E-state index in [4.69, 9.17) is 4.74 Å². The summed E-state index contributed by atoms with van der Waals surface area (Å²) in [6, 6.07) is 11.1. The molecule has 0 saturated carbocycles. The number of anilines is 2. The van der Waals surface area contributed by atoms with E-state index in [1.54, 1.807) is 23.2 Å². The number of carbonyl (C=O) groups excluding carboxylic acids is 2. The summed E-state index contributed by atoms with van der Waals surface area (Å²) in [6.07, 6.45) is 3.28. The lowest BCUT2D eigenvalue weighted by Gasteiger charge is -2.35. The Morgan fingerprint density at radius 3 is 2.31 bits per heavy atom. The maximum absolute atomic E-state index is 13.0. The van der Waals surface area contributed by atoms with Crippen LogP contribution >= 0.6 is 0 Å². The first kappa shape index (κ1) is 22.2. The average molecular weight is 438 g/mol. The van der Waals surface area contributed by atoms with Crippen molar-refractivity contribution in [1.29, 1.82) is 0 Å². The molecule has 2 aliphatic rings. The zero-order valence-electron chi connectivity index (χ0n) is 19.0. The van der Waals surface area contributed by atoms with Crippen LogP contribution in [0, 0.1) is 11.3 Å². The van der Waals surface area contributed by atoms with E-state index in [1.807, 2.05) is 49.9 Å². The highest BCUT2D eigenvalue weighted by molar-refractivity contribution is 6.01. The predicted octanol–water partition coefficient (Wildman–Crippen LogP) is 2.78. The summed E-state index contributed by atoms with van der Waals surface area (Å²) in [5, 5.41) is 11.2. The van der Waals surface area contributed by atoms with Crippen molar-refractivity contribution in [2.75, 3.05) is 31.1 Å². The number of rotatable bonds is 5. The molecule has 8 nitrogen and oxygen atoms in total. The smallest absolute Gasteiger partial charge is 0.238 e. The van der Waals surface area contributed by atoms with Crippen LogP contribution in [0.5, 0.6) is 5.75 Å². The highest BCUT2D eigenvalue weighted by atomic mass is 16.5. The van der Waals surface area contributed by atoms with Crippen molar-refractivity contribution in [3.05, 3.63) is 42.6 Å². The van der Waals surface area contributed by atoms with E-state index in [1.165, 1.54) is 0 Å². The van der Waals surface area contributed by atoms with Gasteiger partial charge in [0.1, 0.15) is 11.9 Å². The summed E-state index contributed by atoms with van der Waals surface area (Å²) < 4.78 is 6.17. The first-order chi connectivity index (χ1) is 15.3. The summed E-state index contributed by atoms with van der Waals surface area (Å²) in [5.41, 5.74) is 0.381. The second-order valence-corrected chi connectivity index (χ2v) is 9.46. The number of aromatic nitrogens is 2. The van der Waals surface area contributed by atoms with E-state index in [-0.39, 0.29) is 29.3 Å². The lowest BCUT2D eigenvalue weighted by Crippen LogP contribution is -2.51. The van der Waals surface area contributed by atoms with E-state index < -0.39 is 0 Å². The highest BCUT2D eigenvalue weighted by Gasteiger charge is 2.32. The molecule has 2 saturated heterocycles. The van der Waals surface area contributed by atoms with Crippen molar-refractivity contribution >= 4 is 23.3 Å². The van der Waals surface area contributed by atoms with Gasteiger partial charge in [-0.25, -0.2) is 0 Å². The normalized spacial score (nSPS) is 17.5. The van der Waals surface area contributed by atoms with Gasteiger partial charge in [0.15, 0.2) is 5.82 Å². The summed E-state index contributed by atoms with van der Waals surface area (Å²) in [5.74, 6) is 1.40. The van der Waals surface area contributed by atoms with Crippen molar-refractivity contribution in [1.82, 2.24) is 20.4 Å². The minimum atomic E-state index is -0.356. The number of hydrogen-bond acceptors (Lipinski definition) is 6. The predicted molar refractivity (Wildman–Crippen MR) is 122 cm³/mol. The van der Waals surface area contributed by atoms with E-state index in [0.717, 1.165) is 24.3 Å². The Hall–Kier alpha value is -3.00. The van der Waals surface area contributed by atoms with Crippen LogP contribution in [0.1, 0.15) is 33.6 Å². The van der Waals surface area contributed by atoms with Gasteiger partial charge in [0.05, 0.1) is 11.6 Å². The van der Waals surface area contributed by atoms with Crippen LogP contribution in [0.15, 0.2) is 42.6 Å². The van der Waals surface area contributed by atoms with E-state index in [0.29, 0.717) is 32.0 Å². The minimum absolute atomic E-state index is 0.00815. The third-order valence-electron chi connectivity index (χ3n) is 5.91. The molecule has 0 unspecified atom stereocenters. The van der Waals surface area contributed by atoms with Crippen molar-refractivity contribution < 1.29 is 14.3 Å². The highest BCUT2D eigenvalue weighted by Crippen LogP contribution is 2.29. The number of amides is 2. The molecule has 1 aromatic carbocycles. The molecule has 3 heterocycles. The fourth-order valence-electron chi connectivity index (χ4n) is 3.95. The lowest BCUT2D eigenvalue weighted by molar-refractivity contribution is -0.141. The first-order valence-corrected chi connectivity index (χ1v) is 11.2. The third kappa shape index (κ3) is 4.91. The van der Waals surface area contributed by atoms with Crippen LogP contribution in [0.4, 0.5) is 11.5 Å². The molecule has 0 spiro atoms. The van der Waals surface area contributed by atoms with Crippen molar-refractivity contribution in [2.24, 2.45) is 11.3 Å². The van der Waals surface area contributed by atoms with Gasteiger partial charge in [-0.1, -0.05) is 20.8 Å². The molecule has 2 aromatic rings. The molecule has 1 aromatic heterocycles. The van der Waals surface area contributed by atoms with Gasteiger partial charge in [0.25, 0.3) is 0 Å². The summed E-state index contributed by atoms with van der Waals surface area (Å²) in [4.78, 5) is 29.1. The quantitative estimate of drug-likeness (QED) is 0.774. The van der Waals surface area contributed by atoms with Gasteiger partial charge in [-0.15, -0.1) is 5.10 Å². The van der Waals surface area contributed by atoms with Gasteiger partial charge in [-0.2, -0.15) is 5.10 Å². The van der Waals surface area contributed by atoms with Gasteiger partial charge >= 0.3 is 0 Å². The third-order valence-corrected chi connectivity index (χ3v) is 5.91. The monoisotopic (exact) mass is 437 g/mol. The van der Waals surface area contributed by atoms with Gasteiger partial charge in [0, 0.05) is 50.6 Å². The SMILES string of the molecule is CC(C)(C)C(=O)N1CCC(Oc2ccc(N(C(=O)C3CNC3)c3cccnn3)cc2)CC1. The Kier molecular flexibility index (Phi) is 6.41. The Morgan fingerprint density at radius 1 is 1.09 bits per heavy atom. The summed E-state index contributed by atoms with van der Waals surface area (Å²) >= 11 is 0. The minimum Gasteiger partial charge on any atom is -0.490 e. The Morgan fingerprint density at radius 2 is 1.78 bits per heavy atom. The number of nitrogens with zero attached hydrogens (tertiary/aromatic N) is 4. The molecule has 2 aliphatic heterocycles. The standard InChI is InChI=1S/C24H31N5O3/c1-24(2,3)23(31)28-13-10-20(11-14-28)32-19-8-6-18(7-9-19)29(21-5-4-12-26-27-21)22(30)17-15-25-16-17/h4-9,12,17,20,25H,10-11,13-16H2,1-3H3. The molecule has 32 heavy (non-hydrogen) atoms. The maximum Gasteiger partial charge on any atom is 0.238 e. The van der Waals surface area contributed by atoms with E-state index in [2.05, 4.69) is 15.5 Å². The number of hydrogen-bond donors (Lipinski definition) is 1. The Balaban J connectivity index is 1.41. The zero-order valence-corrected chi connectivity index (χ0v) is 19.0. The molecule has 4 rings (SSSR count). The lowest BCUT2D eigenvalue weighted by atomic mass is 9.93. The molecule has 0 radical (unpaired) electrons. The summed E-state index contributed by atoms with van der Waals surface area (Å²) in [7, 11) is 0. The van der Waals surface area contributed by atoms with Gasteiger partial charge in [-0.3, -0.25) is 14.5 Å². The first-order valence-electron chi connectivity index (χ1n) is 11.2. The topological polar surface area (TPSA) is 87.7 Å². The van der Waals surface area contributed by atoms with Crippen molar-refractivity contribution in [3.8, 4) is 5.75 Å². The number of carbonyl (C=O) groups is 2. The number of piperidine rings is 1. The fourth-order valence-corrected chi connectivity index (χ4v) is 3.95. The molecule has 1 N–H and O–H groups in total. The van der Waals surface area contributed by atoms with E-state index in [9.17, 15) is 9.59 Å². The van der Waals surface area contributed by atoms with Crippen LogP contribution in [0.3, 0.4) is 0 Å². The second kappa shape index (κ2) is 9.24. The average Bonchev–Trinajstić information content (AvgIpc) is 2.74. The van der Waals surface area contributed by atoms with Crippen LogP contribution in [-0.4, -0.2) is 59.2 Å². The molecule has 8 heteroatoms. The molecule has 170 valence electrons. The molecular formula is C24H31N5O3. The van der Waals surface area contributed by atoms with E-state index >= 15 is 0 Å². The van der Waals surface area contributed by atoms with Gasteiger partial charge in [-0.05, 0) is 36.4 Å². The number of benzene rings is 1. The Labute approximate surface area is 188 Å². The number of ether oxygens (including phenoxy) is 1. The van der Waals surface area contributed by atoms with Crippen LogP contribution in [0.25, 0.3) is 0 Å². The van der Waals surface area contributed by atoms with Crippen molar-refractivity contribution in [3.63, 3.8) is 0 Å². The van der Waals surface area contributed by atoms with Gasteiger partial charge in [0.2, 0.25) is 11.8 Å². The maximum atomic E-state index is 13.0. The van der Waals surface area contributed by atoms with Crippen LogP contribution in [0.2, 0.25) is 0 Å². The molecule has 0 atom stereocenters. The molecule has 0 bridgehead atoms. The zero-order chi connectivity index (χ0) is 22.7. The molecule has 0 aliphatic carbocycles. The molecule has 2 fully saturated rings.